The molecule has 0 atom stereocenters. The van der Waals surface area contributed by atoms with E-state index in [0.29, 0.717) is 17.7 Å². The molecule has 1 N–H and O–H groups in total. The number of hydrogen-bond acceptors (Lipinski definition) is 1. The van der Waals surface area contributed by atoms with Crippen molar-refractivity contribution in [1.82, 2.24) is 4.57 Å². The normalized spacial score (nSPS) is 10.2. The average molecular weight is 163 g/mol. The molecule has 0 saturated carbocycles. The average Bonchev–Trinajstić information content (AvgIpc) is 2.30. The minimum Gasteiger partial charge on any atom is -0.478 e. The molecule has 12 heavy (non-hydrogen) atoms. The minimum atomic E-state index is -0.925. The molecule has 0 aliphatic rings. The zero-order valence-electron chi connectivity index (χ0n) is 7.16. The van der Waals surface area contributed by atoms with E-state index in [1.807, 2.05) is 6.92 Å². The number of aromatic nitrogens is 1. The van der Waals surface area contributed by atoms with E-state index < -0.39 is 5.97 Å². The second kappa shape index (κ2) is 3.05. The van der Waals surface area contributed by atoms with Gasteiger partial charge >= 0.3 is 5.97 Å². The van der Waals surface area contributed by atoms with Gasteiger partial charge in [-0.15, -0.1) is 0 Å². The number of hydrogen-bond donors (Lipinski definition) is 1. The molecule has 0 unspecified atom stereocenters. The van der Waals surface area contributed by atoms with Gasteiger partial charge in [-0.3, -0.25) is 0 Å². The van der Waals surface area contributed by atoms with Crippen LogP contribution in [0.4, 0.5) is 0 Å². The summed E-state index contributed by atoms with van der Waals surface area (Å²) < 4.78 is 1.72. The van der Waals surface area contributed by atoms with Gasteiger partial charge in [0.1, 0.15) is 7.85 Å². The first-order valence-corrected chi connectivity index (χ1v) is 3.76. The number of carbonyl (C=O) groups is 1. The molecule has 0 aliphatic carbocycles. The molecule has 4 heteroatoms. The summed E-state index contributed by atoms with van der Waals surface area (Å²) in [6.45, 7) is 4.33. The van der Waals surface area contributed by atoms with Crippen molar-refractivity contribution in [3.8, 4) is 0 Å². The highest BCUT2D eigenvalue weighted by atomic mass is 16.4. The van der Waals surface area contributed by atoms with E-state index >= 15 is 0 Å². The van der Waals surface area contributed by atoms with Crippen molar-refractivity contribution in [2.45, 2.75) is 20.4 Å². The van der Waals surface area contributed by atoms with Gasteiger partial charge in [-0.25, -0.2) is 4.79 Å². The maximum atomic E-state index is 10.6. The Morgan fingerprint density at radius 1 is 1.75 bits per heavy atom. The van der Waals surface area contributed by atoms with Crippen LogP contribution in [0.5, 0.6) is 0 Å². The van der Waals surface area contributed by atoms with Crippen molar-refractivity contribution >= 4 is 19.4 Å². The van der Waals surface area contributed by atoms with Crippen LogP contribution in [0.25, 0.3) is 0 Å². The SMILES string of the molecule is [B]c1c(C)c(C(=O)O)cn1CC. The summed E-state index contributed by atoms with van der Waals surface area (Å²) in [5, 5.41) is 8.73. The molecule has 1 heterocycles. The Morgan fingerprint density at radius 3 is 2.58 bits per heavy atom. The molecule has 0 aromatic carbocycles. The smallest absolute Gasteiger partial charge is 0.337 e. The fourth-order valence-corrected chi connectivity index (χ4v) is 1.15. The Bertz CT molecular complexity index is 317. The molecule has 1 aromatic rings. The molecule has 1 rings (SSSR count). The Hall–Kier alpha value is -1.19. The quantitative estimate of drug-likeness (QED) is 0.637. The highest BCUT2D eigenvalue weighted by Crippen LogP contribution is 2.05. The van der Waals surface area contributed by atoms with Gasteiger partial charge in [0.15, 0.2) is 0 Å². The van der Waals surface area contributed by atoms with E-state index in [0.717, 1.165) is 0 Å². The Balaban J connectivity index is 3.25. The number of rotatable bonds is 2. The number of aryl methyl sites for hydroxylation is 1. The summed E-state index contributed by atoms with van der Waals surface area (Å²) in [7, 11) is 5.65. The van der Waals surface area contributed by atoms with Gasteiger partial charge in [-0.1, -0.05) is 0 Å². The molecule has 0 spiro atoms. The summed E-state index contributed by atoms with van der Waals surface area (Å²) in [5.74, 6) is -0.925. The van der Waals surface area contributed by atoms with Crippen molar-refractivity contribution in [3.63, 3.8) is 0 Å². The number of carboxylic acid groups (broad SMARTS) is 1. The zero-order valence-corrected chi connectivity index (χ0v) is 7.16. The molecular weight excluding hydrogens is 153 g/mol. The van der Waals surface area contributed by atoms with Crippen molar-refractivity contribution < 1.29 is 9.90 Å². The largest absolute Gasteiger partial charge is 0.478 e. The summed E-state index contributed by atoms with van der Waals surface area (Å²) in [4.78, 5) is 10.6. The van der Waals surface area contributed by atoms with E-state index in [-0.39, 0.29) is 5.56 Å². The molecule has 0 fully saturated rings. The fraction of sp³-hybridized carbons (Fsp3) is 0.375. The van der Waals surface area contributed by atoms with Crippen LogP contribution in [0, 0.1) is 6.92 Å². The first-order chi connectivity index (χ1) is 5.57. The van der Waals surface area contributed by atoms with Gasteiger partial charge in [0.25, 0.3) is 0 Å². The van der Waals surface area contributed by atoms with E-state index in [1.165, 1.54) is 0 Å². The standard InChI is InChI=1S/C8H10BNO2/c1-3-10-4-6(8(11)12)5(2)7(10)9/h4H,3H2,1-2H3,(H,11,12). The van der Waals surface area contributed by atoms with Crippen LogP contribution in [0.15, 0.2) is 6.20 Å². The summed E-state index contributed by atoms with van der Waals surface area (Å²) in [6.07, 6.45) is 1.56. The maximum Gasteiger partial charge on any atom is 0.337 e. The van der Waals surface area contributed by atoms with E-state index in [4.69, 9.17) is 13.0 Å². The van der Waals surface area contributed by atoms with Gasteiger partial charge in [-0.2, -0.15) is 0 Å². The van der Waals surface area contributed by atoms with Crippen molar-refractivity contribution in [1.29, 1.82) is 0 Å². The Kier molecular flexibility index (Phi) is 2.26. The second-order valence-corrected chi connectivity index (χ2v) is 2.64. The van der Waals surface area contributed by atoms with Crippen LogP contribution in [-0.4, -0.2) is 23.5 Å². The van der Waals surface area contributed by atoms with Crippen LogP contribution >= 0.6 is 0 Å². The summed E-state index contributed by atoms with van der Waals surface area (Å²) in [6, 6.07) is 0. The van der Waals surface area contributed by atoms with Gasteiger partial charge in [0.05, 0.1) is 5.56 Å². The topological polar surface area (TPSA) is 42.2 Å². The lowest BCUT2D eigenvalue weighted by Crippen LogP contribution is -2.17. The minimum absolute atomic E-state index is 0.286. The van der Waals surface area contributed by atoms with E-state index in [9.17, 15) is 4.79 Å². The second-order valence-electron chi connectivity index (χ2n) is 2.64. The van der Waals surface area contributed by atoms with Gasteiger partial charge < -0.3 is 9.67 Å². The molecule has 0 saturated heterocycles. The maximum absolute atomic E-state index is 10.6. The van der Waals surface area contributed by atoms with E-state index in [1.54, 1.807) is 17.7 Å². The lowest BCUT2D eigenvalue weighted by atomic mass is 9.98. The molecular formula is C8H10BNO2. The van der Waals surface area contributed by atoms with Crippen molar-refractivity contribution in [2.75, 3.05) is 0 Å². The summed E-state index contributed by atoms with van der Waals surface area (Å²) >= 11 is 0. The first kappa shape index (κ1) is 8.91. The Labute approximate surface area is 72.4 Å². The predicted molar refractivity (Wildman–Crippen MR) is 47.2 cm³/mol. The first-order valence-electron chi connectivity index (χ1n) is 3.76. The third-order valence-corrected chi connectivity index (χ3v) is 1.95. The zero-order chi connectivity index (χ0) is 9.30. The molecule has 0 bridgehead atoms. The van der Waals surface area contributed by atoms with Crippen LogP contribution in [0.1, 0.15) is 22.8 Å². The van der Waals surface area contributed by atoms with Crippen LogP contribution in [0.3, 0.4) is 0 Å². The molecule has 3 nitrogen and oxygen atoms in total. The van der Waals surface area contributed by atoms with Crippen molar-refractivity contribution in [2.24, 2.45) is 0 Å². The van der Waals surface area contributed by atoms with Crippen LogP contribution < -0.4 is 5.59 Å². The van der Waals surface area contributed by atoms with E-state index in [2.05, 4.69) is 0 Å². The number of aromatic carboxylic acids is 1. The molecule has 1 aromatic heterocycles. The molecule has 2 radical (unpaired) electrons. The molecule has 0 amide bonds. The monoisotopic (exact) mass is 163 g/mol. The van der Waals surface area contributed by atoms with Crippen LogP contribution in [0.2, 0.25) is 0 Å². The predicted octanol–water partition coefficient (Wildman–Crippen LogP) is 0.308. The number of carboxylic acids is 1. The van der Waals surface area contributed by atoms with Crippen molar-refractivity contribution in [3.05, 3.63) is 17.3 Å². The molecule has 62 valence electrons. The third-order valence-electron chi connectivity index (χ3n) is 1.95. The molecule has 0 aliphatic heterocycles. The third kappa shape index (κ3) is 1.24. The van der Waals surface area contributed by atoms with Gasteiger partial charge in [0.2, 0.25) is 0 Å². The highest BCUT2D eigenvalue weighted by molar-refractivity contribution is 6.32. The lowest BCUT2D eigenvalue weighted by molar-refractivity contribution is 0.0696. The summed E-state index contributed by atoms with van der Waals surface area (Å²) in [5.41, 5.74) is 1.47. The van der Waals surface area contributed by atoms with Crippen LogP contribution in [-0.2, 0) is 6.54 Å². The fourth-order valence-electron chi connectivity index (χ4n) is 1.15. The Morgan fingerprint density at radius 2 is 2.33 bits per heavy atom. The lowest BCUT2D eigenvalue weighted by Gasteiger charge is -2.00. The highest BCUT2D eigenvalue weighted by Gasteiger charge is 2.12. The van der Waals surface area contributed by atoms with Gasteiger partial charge in [-0.05, 0) is 25.0 Å². The van der Waals surface area contributed by atoms with Gasteiger partial charge in [0, 0.05) is 12.7 Å². The number of nitrogens with zero attached hydrogens (tertiary/aromatic N) is 1.